The van der Waals surface area contributed by atoms with E-state index in [2.05, 4.69) is 19.9 Å². The smallest absolute Gasteiger partial charge is 0.319 e. The molecule has 0 radical (unpaired) electrons. The van der Waals surface area contributed by atoms with Gasteiger partial charge in [-0.25, -0.2) is 4.79 Å². The van der Waals surface area contributed by atoms with Crippen LogP contribution in [0.3, 0.4) is 0 Å². The third kappa shape index (κ3) is 4.17. The van der Waals surface area contributed by atoms with Crippen molar-refractivity contribution < 1.29 is 38.9 Å². The van der Waals surface area contributed by atoms with E-state index in [1.54, 1.807) is 18.2 Å². The Hall–Kier alpha value is -6.38. The monoisotopic (exact) mass is 759 g/mol. The molecule has 2 aromatic carbocycles. The first kappa shape index (κ1) is 34.1. The fourth-order valence-electron chi connectivity index (χ4n) is 10.5. The number of anilines is 2. The van der Waals surface area contributed by atoms with Crippen LogP contribution in [0.2, 0.25) is 0 Å². The summed E-state index contributed by atoms with van der Waals surface area (Å²) in [4.78, 5) is 69.0. The maximum atomic E-state index is 14.7. The number of phenols is 2. The normalized spacial score (nSPS) is 21.0. The molecule has 3 aromatic heterocycles. The number of piperidine rings is 1. The molecule has 3 amide bonds. The molecule has 1 saturated heterocycles. The molecule has 5 aliphatic rings. The van der Waals surface area contributed by atoms with E-state index in [1.165, 1.54) is 24.0 Å². The largest absolute Gasteiger partial charge is 0.503 e. The molecular weight excluding hydrogens is 718 g/mol. The average molecular weight is 760 g/mol. The van der Waals surface area contributed by atoms with Crippen LogP contribution in [0.25, 0.3) is 21.8 Å². The summed E-state index contributed by atoms with van der Waals surface area (Å²) in [5, 5.41) is 24.1. The Balaban J connectivity index is 1.02. The van der Waals surface area contributed by atoms with Gasteiger partial charge in [-0.15, -0.1) is 0 Å². The van der Waals surface area contributed by atoms with Gasteiger partial charge in [-0.1, -0.05) is 13.8 Å². The highest BCUT2D eigenvalue weighted by Crippen LogP contribution is 2.68. The van der Waals surface area contributed by atoms with Gasteiger partial charge in [0.15, 0.2) is 23.0 Å². The number of primary amides is 1. The number of phenolic OH excluding ortho intramolecular Hbond substituents is 2. The van der Waals surface area contributed by atoms with Crippen molar-refractivity contribution in [1.82, 2.24) is 19.9 Å². The number of amides is 3. The van der Waals surface area contributed by atoms with Crippen molar-refractivity contribution in [3.05, 3.63) is 69.4 Å². The van der Waals surface area contributed by atoms with Gasteiger partial charge < -0.3 is 50.2 Å². The minimum absolute atomic E-state index is 0.0695. The van der Waals surface area contributed by atoms with E-state index in [0.29, 0.717) is 69.6 Å². The number of aromatic hydroxyl groups is 2. The van der Waals surface area contributed by atoms with Crippen LogP contribution >= 0.6 is 0 Å². The number of benzene rings is 2. The molecule has 5 aromatic rings. The van der Waals surface area contributed by atoms with Gasteiger partial charge in [-0.05, 0) is 72.4 Å². The Kier molecular flexibility index (Phi) is 6.91. The zero-order valence-corrected chi connectivity index (χ0v) is 31.5. The zero-order chi connectivity index (χ0) is 39.3. The van der Waals surface area contributed by atoms with E-state index in [1.807, 2.05) is 27.0 Å². The Labute approximate surface area is 320 Å². The van der Waals surface area contributed by atoms with Crippen molar-refractivity contribution in [2.75, 3.05) is 43.7 Å². The summed E-state index contributed by atoms with van der Waals surface area (Å²) in [5.74, 6) is -0.775. The van der Waals surface area contributed by atoms with Crippen LogP contribution in [0.4, 0.5) is 16.2 Å². The number of nitrogens with one attached hydrogen (secondary N) is 3. The number of hydrogen-bond donors (Lipinski definition) is 6. The fourth-order valence-corrected chi connectivity index (χ4v) is 10.5. The lowest BCUT2D eigenvalue weighted by Gasteiger charge is -2.37. The molecule has 288 valence electrons. The summed E-state index contributed by atoms with van der Waals surface area (Å²) in [6.07, 6.45) is 5.36. The highest BCUT2D eigenvalue weighted by atomic mass is 16.5. The number of ketones is 2. The molecule has 2 fully saturated rings. The van der Waals surface area contributed by atoms with E-state index in [0.717, 1.165) is 23.2 Å². The lowest BCUT2D eigenvalue weighted by atomic mass is 9.82. The SMILES string of the molecule is COc1c(O)c2c(c3cc(C(=O)N4CCc5c4c(O)c(OC)c4[nH]c(C(=O)[C@@H](C(C)C)N6CC7CC78C6=CC(=O)c6[nH]cc(C)c68)cc54)[nH]c13)CCN2C(N)=O. The maximum Gasteiger partial charge on any atom is 0.319 e. The number of likely N-dealkylation sites (tertiary alicyclic amines) is 1. The minimum atomic E-state index is -0.712. The Bertz CT molecular complexity index is 2680. The van der Waals surface area contributed by atoms with Crippen LogP contribution in [0.5, 0.6) is 23.0 Å². The summed E-state index contributed by atoms with van der Waals surface area (Å²) in [6.45, 7) is 7.21. The summed E-state index contributed by atoms with van der Waals surface area (Å²) in [7, 11) is 2.81. The van der Waals surface area contributed by atoms with E-state index in [-0.39, 0.29) is 76.1 Å². The van der Waals surface area contributed by atoms with E-state index in [9.17, 15) is 29.4 Å². The Morgan fingerprint density at radius 3 is 2.12 bits per heavy atom. The predicted octanol–water partition coefficient (Wildman–Crippen LogP) is 4.92. The van der Waals surface area contributed by atoms with Gasteiger partial charge in [-0.2, -0.15) is 0 Å². The van der Waals surface area contributed by atoms with Crippen molar-refractivity contribution in [3.8, 4) is 23.0 Å². The van der Waals surface area contributed by atoms with Crippen molar-refractivity contribution in [3.63, 3.8) is 0 Å². The fraction of sp³-hybridized carbons (Fsp3) is 0.366. The number of carbonyl (C=O) groups is 4. The first-order valence-electron chi connectivity index (χ1n) is 18.9. The molecule has 1 spiro atoms. The Morgan fingerprint density at radius 1 is 0.929 bits per heavy atom. The van der Waals surface area contributed by atoms with Crippen LogP contribution in [0, 0.1) is 18.8 Å². The summed E-state index contributed by atoms with van der Waals surface area (Å²) >= 11 is 0. The van der Waals surface area contributed by atoms with Crippen molar-refractivity contribution in [2.45, 2.75) is 51.5 Å². The highest BCUT2D eigenvalue weighted by Gasteiger charge is 2.68. The van der Waals surface area contributed by atoms with Gasteiger partial charge in [-0.3, -0.25) is 19.3 Å². The molecule has 7 N–H and O–H groups in total. The van der Waals surface area contributed by atoms with E-state index >= 15 is 0 Å². The number of aromatic nitrogens is 3. The van der Waals surface area contributed by atoms with Gasteiger partial charge in [0.25, 0.3) is 5.91 Å². The lowest BCUT2D eigenvalue weighted by molar-refractivity contribution is 0.0801. The lowest BCUT2D eigenvalue weighted by Crippen LogP contribution is -2.45. The molecule has 0 bridgehead atoms. The highest BCUT2D eigenvalue weighted by molar-refractivity contribution is 6.15. The quantitative estimate of drug-likeness (QED) is 0.124. The van der Waals surface area contributed by atoms with Crippen molar-refractivity contribution in [1.29, 1.82) is 0 Å². The predicted molar refractivity (Wildman–Crippen MR) is 206 cm³/mol. The van der Waals surface area contributed by atoms with Gasteiger partial charge >= 0.3 is 6.03 Å². The maximum absolute atomic E-state index is 14.7. The minimum Gasteiger partial charge on any atom is -0.503 e. The van der Waals surface area contributed by atoms with Gasteiger partial charge in [0.05, 0.1) is 54.1 Å². The number of aryl methyl sites for hydroxylation is 1. The van der Waals surface area contributed by atoms with Gasteiger partial charge in [0.2, 0.25) is 11.6 Å². The van der Waals surface area contributed by atoms with Crippen LogP contribution < -0.4 is 25.0 Å². The second-order valence-corrected chi connectivity index (χ2v) is 16.0. The first-order chi connectivity index (χ1) is 26.8. The van der Waals surface area contributed by atoms with Crippen LogP contribution in [0.1, 0.15) is 74.0 Å². The number of fused-ring (bicyclic) bond motifs is 7. The standard InChI is InChI=1S/C41H41N7O8/c1-16(2)31(48-15-18-13-41(18)26(48)12-25(49)30-27(41)17(3)14-43-30)34(50)23-10-21-19-6-8-46(32(19)35(51)37(55-4)28(21)44-23)39(53)24-11-22-20-7-9-47(40(42)54)33(20)36(52)38(56-5)29(22)45-24/h10-12,14,16,18,31,43-45,51-52H,6-9,13,15H2,1-5H3,(H2,42,54)/t18?,31-,41?/m1/s1. The molecule has 10 rings (SSSR count). The van der Waals surface area contributed by atoms with Crippen LogP contribution in [-0.2, 0) is 18.3 Å². The molecule has 1 saturated carbocycles. The van der Waals surface area contributed by atoms with Gasteiger partial charge in [0.1, 0.15) is 5.69 Å². The number of urea groups is 1. The molecule has 15 nitrogen and oxygen atoms in total. The number of methoxy groups -OCH3 is 2. The summed E-state index contributed by atoms with van der Waals surface area (Å²) in [6, 6.07) is 2.17. The molecular formula is C41H41N7O8. The summed E-state index contributed by atoms with van der Waals surface area (Å²) < 4.78 is 11.3. The van der Waals surface area contributed by atoms with Gasteiger partial charge in [0, 0.05) is 53.8 Å². The third-order valence-corrected chi connectivity index (χ3v) is 12.9. The molecule has 2 aliphatic carbocycles. The molecule has 3 atom stereocenters. The molecule has 56 heavy (non-hydrogen) atoms. The van der Waals surface area contributed by atoms with E-state index < -0.39 is 18.0 Å². The number of rotatable bonds is 7. The number of ether oxygens (including phenoxy) is 2. The number of Topliss-reactive ketones (excluding diaryl/α,β-unsaturated/α-hetero) is 1. The number of hydrogen-bond acceptors (Lipinski definition) is 9. The number of nitrogens with two attached hydrogens (primary N) is 1. The number of aromatic amines is 3. The second kappa shape index (κ2) is 11.3. The number of H-pyrrole nitrogens is 3. The number of nitrogens with zero attached hydrogens (tertiary/aromatic N) is 3. The second-order valence-electron chi connectivity index (χ2n) is 16.0. The Morgan fingerprint density at radius 2 is 1.52 bits per heavy atom. The van der Waals surface area contributed by atoms with Crippen LogP contribution in [0.15, 0.2) is 30.1 Å². The van der Waals surface area contributed by atoms with E-state index in [4.69, 9.17) is 15.2 Å². The molecule has 3 aliphatic heterocycles. The zero-order valence-electron chi connectivity index (χ0n) is 31.5. The first-order valence-corrected chi connectivity index (χ1v) is 18.9. The van der Waals surface area contributed by atoms with Crippen molar-refractivity contribution in [2.24, 2.45) is 17.6 Å². The molecule has 15 heteroatoms. The molecule has 6 heterocycles. The average Bonchev–Trinajstić information content (AvgIpc) is 3.89. The topological polar surface area (TPSA) is 210 Å². The third-order valence-electron chi connectivity index (χ3n) is 12.9. The molecule has 2 unspecified atom stereocenters. The number of carbonyl (C=O) groups excluding carboxylic acids is 4. The number of allylic oxidation sites excluding steroid dienone is 2. The summed E-state index contributed by atoms with van der Waals surface area (Å²) in [5.41, 5.74) is 12.3. The van der Waals surface area contributed by atoms with Crippen LogP contribution in [-0.4, -0.2) is 93.5 Å². The van der Waals surface area contributed by atoms with Crippen molar-refractivity contribution >= 4 is 56.7 Å².